The molecule has 13 heavy (non-hydrogen) atoms. The summed E-state index contributed by atoms with van der Waals surface area (Å²) in [5.74, 6) is 0. The maximum atomic E-state index is 10.6. The topological polar surface area (TPSA) is 37.3 Å². The summed E-state index contributed by atoms with van der Waals surface area (Å²) in [6.07, 6.45) is 8.42. The van der Waals surface area contributed by atoms with Gasteiger partial charge in [0.05, 0.1) is 0 Å². The van der Waals surface area contributed by atoms with E-state index in [0.29, 0.717) is 0 Å². The zero-order valence-corrected chi connectivity index (χ0v) is 9.72. The molecule has 3 heteroatoms. The van der Waals surface area contributed by atoms with E-state index in [-0.39, 0.29) is 5.66 Å². The first kappa shape index (κ1) is 13.1. The minimum Gasteiger partial charge on any atom is -0.161 e. The summed E-state index contributed by atoms with van der Waals surface area (Å²) >= 11 is 0. The van der Waals surface area contributed by atoms with Crippen LogP contribution in [-0.4, -0.2) is 10.6 Å². The Hall–Kier alpha value is 0.0600. The summed E-state index contributed by atoms with van der Waals surface area (Å²) in [6, 6.07) is 0. The second-order valence-corrected chi connectivity index (χ2v) is 5.19. The average molecular weight is 205 g/mol. The van der Waals surface area contributed by atoms with Crippen molar-refractivity contribution in [1.29, 1.82) is 0 Å². The molecule has 0 amide bonds. The van der Waals surface area contributed by atoms with Gasteiger partial charge in [-0.15, -0.1) is 0 Å². The van der Waals surface area contributed by atoms with Crippen molar-refractivity contribution in [3.63, 3.8) is 0 Å². The van der Waals surface area contributed by atoms with Gasteiger partial charge in [0, 0.05) is 0 Å². The van der Waals surface area contributed by atoms with E-state index in [9.17, 15) is 4.57 Å². The molecule has 0 aromatic carbocycles. The molecule has 0 fully saturated rings. The molecule has 1 N–H and O–H groups in total. The normalized spacial score (nSPS) is 14.2. The van der Waals surface area contributed by atoms with Gasteiger partial charge >= 0.3 is 8.03 Å². The molecule has 0 rings (SSSR count). The van der Waals surface area contributed by atoms with E-state index in [1.165, 1.54) is 32.1 Å². The summed E-state index contributed by atoms with van der Waals surface area (Å²) < 4.78 is 10.6. The van der Waals surface area contributed by atoms with E-state index >= 15 is 0 Å². The quantitative estimate of drug-likeness (QED) is 0.482. The summed E-state index contributed by atoms with van der Waals surface area (Å²) in [4.78, 5) is 8.77. The maximum absolute atomic E-state index is 10.6. The van der Waals surface area contributed by atoms with E-state index in [1.54, 1.807) is 0 Å². The summed E-state index contributed by atoms with van der Waals surface area (Å²) in [7, 11) is -1.94. The van der Waals surface area contributed by atoms with Gasteiger partial charge in [0.1, 0.15) is 0 Å². The largest absolute Gasteiger partial charge is 0.508 e. The molecule has 78 valence electrons. The first-order valence-corrected chi connectivity index (χ1v) is 6.62. The fourth-order valence-corrected chi connectivity index (χ4v) is 1.73. The molecule has 2 atom stereocenters. The minimum atomic E-state index is -1.94. The molecule has 0 heterocycles. The smallest absolute Gasteiger partial charge is 0.161 e. The van der Waals surface area contributed by atoms with Crippen molar-refractivity contribution >= 4 is 8.03 Å². The van der Waals surface area contributed by atoms with Crippen LogP contribution in [0.15, 0.2) is 0 Å². The Kier molecular flexibility index (Phi) is 8.69. The van der Waals surface area contributed by atoms with Crippen molar-refractivity contribution in [3.05, 3.63) is 0 Å². The summed E-state index contributed by atoms with van der Waals surface area (Å²) in [5.41, 5.74) is -0.0128. The Bertz CT molecular complexity index is 137. The Balaban J connectivity index is 3.11. The van der Waals surface area contributed by atoms with Crippen LogP contribution < -0.4 is 0 Å². The van der Waals surface area contributed by atoms with Crippen LogP contribution in [0.4, 0.5) is 0 Å². The fourth-order valence-electron chi connectivity index (χ4n) is 1.33. The number of hydrogen-bond donors (Lipinski definition) is 1. The molecule has 0 saturated carbocycles. The van der Waals surface area contributed by atoms with Crippen molar-refractivity contribution in [2.45, 2.75) is 64.5 Å². The maximum Gasteiger partial charge on any atom is 0.508 e. The van der Waals surface area contributed by atoms with Gasteiger partial charge in [0.15, 0.2) is 5.66 Å². The molecule has 0 saturated heterocycles. The summed E-state index contributed by atoms with van der Waals surface area (Å²) in [5, 5.41) is 0. The lowest BCUT2D eigenvalue weighted by Crippen LogP contribution is -1.94. The van der Waals surface area contributed by atoms with Crippen LogP contribution in [0.2, 0.25) is 0 Å². The highest BCUT2D eigenvalue weighted by molar-refractivity contribution is 7.38. The van der Waals surface area contributed by atoms with Crippen molar-refractivity contribution < 1.29 is 9.46 Å². The van der Waals surface area contributed by atoms with Crippen LogP contribution in [0, 0.1) is 0 Å². The molecule has 0 aliphatic carbocycles. The van der Waals surface area contributed by atoms with E-state index in [0.717, 1.165) is 12.8 Å². The number of hydrogen-bond acceptors (Lipinski definition) is 1. The van der Waals surface area contributed by atoms with E-state index in [2.05, 4.69) is 6.92 Å². The van der Waals surface area contributed by atoms with Crippen LogP contribution in [-0.2, 0) is 4.57 Å². The zero-order chi connectivity index (χ0) is 10.1. The van der Waals surface area contributed by atoms with E-state index in [4.69, 9.17) is 4.89 Å². The lowest BCUT2D eigenvalue weighted by atomic mass is 10.1. The van der Waals surface area contributed by atoms with Crippen molar-refractivity contribution in [1.82, 2.24) is 0 Å². The Morgan fingerprint density at radius 2 is 1.69 bits per heavy atom. The SMILES string of the molecule is CCCCCCCCC(C)[P+](=O)O. The van der Waals surface area contributed by atoms with Crippen LogP contribution in [0.3, 0.4) is 0 Å². The van der Waals surface area contributed by atoms with Crippen molar-refractivity contribution in [3.8, 4) is 0 Å². The van der Waals surface area contributed by atoms with Crippen molar-refractivity contribution in [2.75, 3.05) is 0 Å². The number of unbranched alkanes of at least 4 members (excludes halogenated alkanes) is 5. The predicted molar refractivity (Wildman–Crippen MR) is 57.3 cm³/mol. The van der Waals surface area contributed by atoms with Crippen LogP contribution in [0.1, 0.15) is 58.8 Å². The molecule has 0 aliphatic rings. The fraction of sp³-hybridized carbons (Fsp3) is 1.00. The highest BCUT2D eigenvalue weighted by Gasteiger charge is 2.21. The minimum absolute atomic E-state index is 0.0128. The summed E-state index contributed by atoms with van der Waals surface area (Å²) in [6.45, 7) is 4.06. The molecule has 0 radical (unpaired) electrons. The average Bonchev–Trinajstić information content (AvgIpc) is 2.10. The number of rotatable bonds is 8. The molecule has 0 aliphatic heterocycles. The third kappa shape index (κ3) is 8.39. The Morgan fingerprint density at radius 1 is 1.15 bits per heavy atom. The van der Waals surface area contributed by atoms with Gasteiger partial charge in [0.2, 0.25) is 0 Å². The molecular formula is C10H22O2P+. The Morgan fingerprint density at radius 3 is 2.23 bits per heavy atom. The second kappa shape index (κ2) is 8.65. The third-order valence-corrected chi connectivity index (χ3v) is 3.36. The van der Waals surface area contributed by atoms with Gasteiger partial charge in [-0.3, -0.25) is 0 Å². The molecule has 0 bridgehead atoms. The lowest BCUT2D eigenvalue weighted by molar-refractivity contribution is 0.482. The van der Waals surface area contributed by atoms with Crippen LogP contribution in [0.5, 0.6) is 0 Å². The third-order valence-electron chi connectivity index (χ3n) is 2.35. The van der Waals surface area contributed by atoms with E-state index in [1.807, 2.05) is 6.92 Å². The molecular weight excluding hydrogens is 183 g/mol. The van der Waals surface area contributed by atoms with Crippen LogP contribution in [0.25, 0.3) is 0 Å². The molecule has 0 aromatic heterocycles. The lowest BCUT2D eigenvalue weighted by Gasteiger charge is -1.99. The molecule has 2 unspecified atom stereocenters. The highest BCUT2D eigenvalue weighted by Crippen LogP contribution is 2.26. The molecule has 0 spiro atoms. The van der Waals surface area contributed by atoms with Gasteiger partial charge in [-0.05, 0) is 24.3 Å². The van der Waals surface area contributed by atoms with Gasteiger partial charge < -0.3 is 0 Å². The molecule has 0 aromatic rings. The van der Waals surface area contributed by atoms with Gasteiger partial charge in [-0.1, -0.05) is 39.0 Å². The second-order valence-electron chi connectivity index (χ2n) is 3.71. The standard InChI is InChI=1S/C10H21O2P/c1-3-4-5-6-7-8-9-10(2)13(11)12/h10H,3-9H2,1-2H3/p+1. The van der Waals surface area contributed by atoms with Gasteiger partial charge in [-0.2, -0.15) is 4.89 Å². The Labute approximate surface area is 82.6 Å². The highest BCUT2D eigenvalue weighted by atomic mass is 31.1. The van der Waals surface area contributed by atoms with E-state index < -0.39 is 8.03 Å². The van der Waals surface area contributed by atoms with Crippen molar-refractivity contribution in [2.24, 2.45) is 0 Å². The first-order chi connectivity index (χ1) is 6.18. The monoisotopic (exact) mass is 205 g/mol. The zero-order valence-electron chi connectivity index (χ0n) is 8.83. The predicted octanol–water partition coefficient (Wildman–Crippen LogP) is 3.86. The molecule has 2 nitrogen and oxygen atoms in total. The van der Waals surface area contributed by atoms with Gasteiger partial charge in [0.25, 0.3) is 0 Å². The van der Waals surface area contributed by atoms with Crippen LogP contribution >= 0.6 is 8.03 Å². The first-order valence-electron chi connectivity index (χ1n) is 5.33. The van der Waals surface area contributed by atoms with Gasteiger partial charge in [-0.25, -0.2) is 0 Å².